The first-order valence-electron chi connectivity index (χ1n) is 5.68. The van der Waals surface area contributed by atoms with Crippen molar-refractivity contribution >= 4 is 39.7 Å². The first kappa shape index (κ1) is 13.6. The quantitative estimate of drug-likeness (QED) is 0.537. The van der Waals surface area contributed by atoms with Gasteiger partial charge < -0.3 is 5.73 Å². The van der Waals surface area contributed by atoms with Crippen LogP contribution in [-0.2, 0) is 0 Å². The van der Waals surface area contributed by atoms with E-state index in [2.05, 4.69) is 24.3 Å². The third-order valence-corrected chi connectivity index (χ3v) is 4.05. The Kier molecular flexibility index (Phi) is 3.88. The summed E-state index contributed by atoms with van der Waals surface area (Å²) in [5, 5.41) is 8.70. The summed E-state index contributed by atoms with van der Waals surface area (Å²) in [5.74, 6) is 0.134. The number of amidine groups is 1. The van der Waals surface area contributed by atoms with E-state index in [4.69, 9.17) is 11.1 Å². The molecule has 3 rings (SSSR count). The molecule has 3 aromatic rings. The standard InChI is InChI=1S/C15H12N2S.ClH/c16-15(17)14-9-12-11(7-4-8-13(12)18-14)10-5-2-1-3-6-10;/h1-9H,(H3,16,17);1H. The highest BCUT2D eigenvalue weighted by atomic mass is 35.5. The number of benzene rings is 2. The number of fused-ring (bicyclic) bond motifs is 1. The zero-order chi connectivity index (χ0) is 12.5. The van der Waals surface area contributed by atoms with Gasteiger partial charge in [0.15, 0.2) is 0 Å². The van der Waals surface area contributed by atoms with Crippen LogP contribution in [0.3, 0.4) is 0 Å². The van der Waals surface area contributed by atoms with E-state index in [-0.39, 0.29) is 18.2 Å². The molecule has 2 nitrogen and oxygen atoms in total. The first-order chi connectivity index (χ1) is 8.75. The average molecular weight is 289 g/mol. The maximum atomic E-state index is 7.53. The van der Waals surface area contributed by atoms with Crippen LogP contribution in [-0.4, -0.2) is 5.84 Å². The lowest BCUT2D eigenvalue weighted by molar-refractivity contribution is 1.46. The predicted octanol–water partition coefficient (Wildman–Crippen LogP) is 4.27. The van der Waals surface area contributed by atoms with Crippen LogP contribution in [0.5, 0.6) is 0 Å². The van der Waals surface area contributed by atoms with Gasteiger partial charge in [-0.2, -0.15) is 0 Å². The predicted molar refractivity (Wildman–Crippen MR) is 85.5 cm³/mol. The minimum absolute atomic E-state index is 0. The van der Waals surface area contributed by atoms with Crippen LogP contribution in [0.2, 0.25) is 0 Å². The van der Waals surface area contributed by atoms with Crippen LogP contribution in [0.15, 0.2) is 54.6 Å². The third kappa shape index (κ3) is 2.48. The third-order valence-electron chi connectivity index (χ3n) is 2.91. The van der Waals surface area contributed by atoms with Gasteiger partial charge in [0.05, 0.1) is 4.88 Å². The summed E-state index contributed by atoms with van der Waals surface area (Å²) in [6, 6.07) is 18.5. The Morgan fingerprint density at radius 1 is 1.00 bits per heavy atom. The van der Waals surface area contributed by atoms with Gasteiger partial charge in [0.1, 0.15) is 5.84 Å². The highest BCUT2D eigenvalue weighted by Crippen LogP contribution is 2.33. The summed E-state index contributed by atoms with van der Waals surface area (Å²) in [4.78, 5) is 0.827. The van der Waals surface area contributed by atoms with Crippen LogP contribution < -0.4 is 5.73 Å². The molecule has 0 aliphatic carbocycles. The zero-order valence-electron chi connectivity index (χ0n) is 10.1. The lowest BCUT2D eigenvalue weighted by Gasteiger charge is -2.02. The molecule has 0 saturated heterocycles. The van der Waals surface area contributed by atoms with Crippen molar-refractivity contribution in [2.45, 2.75) is 0 Å². The molecule has 0 atom stereocenters. The Bertz CT molecular complexity index is 719. The summed E-state index contributed by atoms with van der Waals surface area (Å²) < 4.78 is 1.17. The van der Waals surface area contributed by atoms with E-state index in [1.54, 1.807) is 11.3 Å². The lowest BCUT2D eigenvalue weighted by Crippen LogP contribution is -2.08. The summed E-state index contributed by atoms with van der Waals surface area (Å²) in [7, 11) is 0. The van der Waals surface area contributed by atoms with Gasteiger partial charge in [0.2, 0.25) is 0 Å². The van der Waals surface area contributed by atoms with Crippen LogP contribution in [0, 0.1) is 5.41 Å². The smallest absolute Gasteiger partial charge is 0.133 e. The second kappa shape index (κ2) is 5.43. The maximum absolute atomic E-state index is 7.53. The van der Waals surface area contributed by atoms with Crippen LogP contribution in [0.4, 0.5) is 0 Å². The van der Waals surface area contributed by atoms with E-state index < -0.39 is 0 Å². The van der Waals surface area contributed by atoms with Gasteiger partial charge >= 0.3 is 0 Å². The summed E-state index contributed by atoms with van der Waals surface area (Å²) in [6.07, 6.45) is 0. The van der Waals surface area contributed by atoms with Gasteiger partial charge in [-0.05, 0) is 23.3 Å². The number of halogens is 1. The molecule has 0 bridgehead atoms. The fourth-order valence-electron chi connectivity index (χ4n) is 2.06. The molecule has 0 spiro atoms. The van der Waals surface area contributed by atoms with Crippen molar-refractivity contribution in [3.63, 3.8) is 0 Å². The van der Waals surface area contributed by atoms with Crippen molar-refractivity contribution in [3.8, 4) is 11.1 Å². The second-order valence-corrected chi connectivity index (χ2v) is 5.19. The normalized spacial score (nSPS) is 10.1. The number of hydrogen-bond acceptors (Lipinski definition) is 2. The number of hydrogen-bond donors (Lipinski definition) is 2. The van der Waals surface area contributed by atoms with Crippen molar-refractivity contribution in [2.24, 2.45) is 5.73 Å². The van der Waals surface area contributed by atoms with Crippen molar-refractivity contribution < 1.29 is 0 Å². The highest BCUT2D eigenvalue weighted by molar-refractivity contribution is 7.20. The zero-order valence-corrected chi connectivity index (χ0v) is 11.7. The number of thiophene rings is 1. The molecule has 2 aromatic carbocycles. The van der Waals surface area contributed by atoms with Gasteiger partial charge in [0.25, 0.3) is 0 Å². The average Bonchev–Trinajstić information content (AvgIpc) is 2.83. The van der Waals surface area contributed by atoms with E-state index in [0.717, 1.165) is 4.88 Å². The molecule has 0 fully saturated rings. The Labute approximate surface area is 121 Å². The SMILES string of the molecule is Cl.N=C(N)c1cc2c(-c3ccccc3)cccc2s1. The molecule has 3 N–H and O–H groups in total. The van der Waals surface area contributed by atoms with Gasteiger partial charge in [-0.15, -0.1) is 23.7 Å². The molecule has 0 saturated carbocycles. The molecule has 4 heteroatoms. The Balaban J connectivity index is 0.00000133. The molecule has 96 valence electrons. The first-order valence-corrected chi connectivity index (χ1v) is 6.50. The van der Waals surface area contributed by atoms with Crippen molar-refractivity contribution in [1.29, 1.82) is 5.41 Å². The van der Waals surface area contributed by atoms with Crippen LogP contribution in [0.25, 0.3) is 21.2 Å². The van der Waals surface area contributed by atoms with E-state index in [1.807, 2.05) is 30.3 Å². The second-order valence-electron chi connectivity index (χ2n) is 4.11. The molecule has 0 radical (unpaired) electrons. The minimum Gasteiger partial charge on any atom is -0.383 e. The molecule has 1 aromatic heterocycles. The molecule has 19 heavy (non-hydrogen) atoms. The molecule has 0 amide bonds. The number of nitrogens with one attached hydrogen (secondary N) is 1. The van der Waals surface area contributed by atoms with E-state index in [0.29, 0.717) is 0 Å². The molecular formula is C15H13ClN2S. The topological polar surface area (TPSA) is 49.9 Å². The number of nitrogens with two attached hydrogens (primary N) is 1. The fourth-order valence-corrected chi connectivity index (χ4v) is 3.01. The summed E-state index contributed by atoms with van der Waals surface area (Å²) >= 11 is 1.56. The Morgan fingerprint density at radius 3 is 2.42 bits per heavy atom. The monoisotopic (exact) mass is 288 g/mol. The van der Waals surface area contributed by atoms with Crippen molar-refractivity contribution in [3.05, 3.63) is 59.5 Å². The minimum atomic E-state index is 0. The van der Waals surface area contributed by atoms with Gasteiger partial charge in [-0.3, -0.25) is 5.41 Å². The summed E-state index contributed by atoms with van der Waals surface area (Å²) in [5.41, 5.74) is 7.94. The van der Waals surface area contributed by atoms with Crippen molar-refractivity contribution in [2.75, 3.05) is 0 Å². The van der Waals surface area contributed by atoms with E-state index >= 15 is 0 Å². The lowest BCUT2D eigenvalue weighted by atomic mass is 10.0. The molecule has 0 unspecified atom stereocenters. The molecular weight excluding hydrogens is 276 g/mol. The van der Waals surface area contributed by atoms with Crippen molar-refractivity contribution in [1.82, 2.24) is 0 Å². The highest BCUT2D eigenvalue weighted by Gasteiger charge is 2.08. The van der Waals surface area contributed by atoms with Gasteiger partial charge in [0, 0.05) is 10.1 Å². The van der Waals surface area contributed by atoms with Gasteiger partial charge in [-0.1, -0.05) is 42.5 Å². The Hall–Kier alpha value is -1.84. The van der Waals surface area contributed by atoms with E-state index in [9.17, 15) is 0 Å². The number of nitrogen functional groups attached to an aromatic ring is 1. The molecule has 0 aliphatic heterocycles. The molecule has 1 heterocycles. The molecule has 0 aliphatic rings. The summed E-state index contributed by atoms with van der Waals surface area (Å²) in [6.45, 7) is 0. The Morgan fingerprint density at radius 2 is 1.74 bits per heavy atom. The van der Waals surface area contributed by atoms with Crippen LogP contribution >= 0.6 is 23.7 Å². The maximum Gasteiger partial charge on any atom is 0.133 e. The number of rotatable bonds is 2. The van der Waals surface area contributed by atoms with E-state index in [1.165, 1.54) is 21.2 Å². The van der Waals surface area contributed by atoms with Gasteiger partial charge in [-0.25, -0.2) is 0 Å². The largest absolute Gasteiger partial charge is 0.383 e. The van der Waals surface area contributed by atoms with Crippen LogP contribution in [0.1, 0.15) is 4.88 Å². The fraction of sp³-hybridized carbons (Fsp3) is 0.